The van der Waals surface area contributed by atoms with Crippen molar-refractivity contribution in [2.45, 2.75) is 32.1 Å². The van der Waals surface area contributed by atoms with Crippen LogP contribution in [0.15, 0.2) is 17.2 Å². The van der Waals surface area contributed by atoms with Crippen molar-refractivity contribution in [3.8, 4) is 11.5 Å². The van der Waals surface area contributed by atoms with E-state index in [2.05, 4.69) is 10.5 Å². The summed E-state index contributed by atoms with van der Waals surface area (Å²) in [7, 11) is 0. The van der Waals surface area contributed by atoms with Gasteiger partial charge in [0.1, 0.15) is 0 Å². The maximum Gasteiger partial charge on any atom is 0.282 e. The van der Waals surface area contributed by atoms with Gasteiger partial charge in [-0.25, -0.2) is 5.43 Å². The summed E-state index contributed by atoms with van der Waals surface area (Å²) in [5.74, 6) is 0.604. The molecule has 1 saturated carbocycles. The summed E-state index contributed by atoms with van der Waals surface area (Å²) in [4.78, 5) is 22.6. The lowest BCUT2D eigenvalue weighted by Gasteiger charge is -2.19. The molecule has 1 aliphatic carbocycles. The van der Waals surface area contributed by atoms with Crippen molar-refractivity contribution in [3.05, 3.63) is 27.8 Å². The molecule has 1 aromatic rings. The molecule has 0 aromatic heterocycles. The number of nitrogens with zero attached hydrogens (tertiary/aromatic N) is 2. The lowest BCUT2D eigenvalue weighted by atomic mass is 9.89. The molecule has 1 amide bonds. The van der Waals surface area contributed by atoms with E-state index in [4.69, 9.17) is 9.47 Å². The van der Waals surface area contributed by atoms with Crippen LogP contribution in [0.5, 0.6) is 11.5 Å². The van der Waals surface area contributed by atoms with E-state index in [1.807, 2.05) is 0 Å². The largest absolute Gasteiger partial charge is 0.454 e. The number of hydrogen-bond acceptors (Lipinski definition) is 6. The van der Waals surface area contributed by atoms with E-state index < -0.39 is 4.92 Å². The van der Waals surface area contributed by atoms with Crippen molar-refractivity contribution < 1.29 is 19.2 Å². The number of carbonyl (C=O) groups is 1. The highest BCUT2D eigenvalue weighted by atomic mass is 16.7. The molecule has 1 N–H and O–H groups in total. The molecule has 122 valence electrons. The Kier molecular flexibility index (Phi) is 4.40. The normalized spacial score (nSPS) is 17.4. The monoisotopic (exact) mass is 319 g/mol. The maximum atomic E-state index is 12.0. The number of nitro benzene ring substituents is 1. The minimum Gasteiger partial charge on any atom is -0.454 e. The molecule has 2 aliphatic rings. The van der Waals surface area contributed by atoms with Crippen LogP contribution in [0.4, 0.5) is 5.69 Å². The molecule has 1 fully saturated rings. The van der Waals surface area contributed by atoms with Crippen LogP contribution in [0.25, 0.3) is 0 Å². The molecule has 3 rings (SSSR count). The van der Waals surface area contributed by atoms with Crippen molar-refractivity contribution in [1.29, 1.82) is 0 Å². The number of nitrogens with one attached hydrogen (secondary N) is 1. The Morgan fingerprint density at radius 1 is 1.26 bits per heavy atom. The number of nitro groups is 1. The molecular formula is C15H17N3O5. The van der Waals surface area contributed by atoms with Gasteiger partial charge in [0.15, 0.2) is 11.5 Å². The van der Waals surface area contributed by atoms with Gasteiger partial charge in [0.2, 0.25) is 12.7 Å². The first-order chi connectivity index (χ1) is 11.1. The van der Waals surface area contributed by atoms with E-state index in [1.54, 1.807) is 0 Å². The highest BCUT2D eigenvalue weighted by Crippen LogP contribution is 2.37. The van der Waals surface area contributed by atoms with E-state index in [0.29, 0.717) is 11.5 Å². The van der Waals surface area contributed by atoms with Gasteiger partial charge in [-0.1, -0.05) is 19.3 Å². The molecule has 0 radical (unpaired) electrons. The standard InChI is InChI=1S/C15H17N3O5/c19-15(10-4-2-1-3-5-10)17-16-8-11-6-13-14(23-9-22-13)7-12(11)18(20)21/h6-8,10H,1-5,9H2,(H,17,19). The zero-order chi connectivity index (χ0) is 16.2. The van der Waals surface area contributed by atoms with Gasteiger partial charge in [-0.2, -0.15) is 5.10 Å². The molecule has 1 aliphatic heterocycles. The second-order valence-electron chi connectivity index (χ2n) is 5.59. The Bertz CT molecular complexity index is 653. The molecule has 0 bridgehead atoms. The first kappa shape index (κ1) is 15.3. The van der Waals surface area contributed by atoms with Crippen LogP contribution in [-0.4, -0.2) is 23.8 Å². The summed E-state index contributed by atoms with van der Waals surface area (Å²) >= 11 is 0. The lowest BCUT2D eigenvalue weighted by molar-refractivity contribution is -0.385. The van der Waals surface area contributed by atoms with Gasteiger partial charge in [0.05, 0.1) is 22.8 Å². The predicted molar refractivity (Wildman–Crippen MR) is 81.5 cm³/mol. The molecule has 8 heteroatoms. The molecule has 0 saturated heterocycles. The fraction of sp³-hybridized carbons (Fsp3) is 0.467. The third-order valence-corrected chi connectivity index (χ3v) is 4.07. The van der Waals surface area contributed by atoms with Gasteiger partial charge in [0, 0.05) is 5.92 Å². The molecule has 0 unspecified atom stereocenters. The summed E-state index contributed by atoms with van der Waals surface area (Å²) in [6, 6.07) is 2.78. The quantitative estimate of drug-likeness (QED) is 0.521. The number of hydrogen-bond donors (Lipinski definition) is 1. The second kappa shape index (κ2) is 6.64. The maximum absolute atomic E-state index is 12.0. The highest BCUT2D eigenvalue weighted by molar-refractivity contribution is 5.88. The van der Waals surface area contributed by atoms with E-state index in [1.165, 1.54) is 18.3 Å². The first-order valence-electron chi connectivity index (χ1n) is 7.56. The number of hydrazone groups is 1. The van der Waals surface area contributed by atoms with Gasteiger partial charge in [-0.05, 0) is 18.9 Å². The number of fused-ring (bicyclic) bond motifs is 1. The van der Waals surface area contributed by atoms with Crippen LogP contribution >= 0.6 is 0 Å². The Labute approximate surface area is 132 Å². The van der Waals surface area contributed by atoms with Gasteiger partial charge in [-0.15, -0.1) is 0 Å². The zero-order valence-corrected chi connectivity index (χ0v) is 12.5. The van der Waals surface area contributed by atoms with Crippen molar-refractivity contribution in [1.82, 2.24) is 5.43 Å². The molecule has 1 heterocycles. The first-order valence-corrected chi connectivity index (χ1v) is 7.56. The number of amides is 1. The van der Waals surface area contributed by atoms with Crippen LogP contribution in [0.3, 0.4) is 0 Å². The summed E-state index contributed by atoms with van der Waals surface area (Å²) in [5, 5.41) is 15.0. The lowest BCUT2D eigenvalue weighted by Crippen LogP contribution is -2.28. The predicted octanol–water partition coefficient (Wildman–Crippen LogP) is 2.35. The molecule has 0 spiro atoms. The average molecular weight is 319 g/mol. The fourth-order valence-electron chi connectivity index (χ4n) is 2.83. The number of carbonyl (C=O) groups excluding carboxylic acids is 1. The van der Waals surface area contributed by atoms with Crippen LogP contribution < -0.4 is 14.9 Å². The van der Waals surface area contributed by atoms with Crippen molar-refractivity contribution in [3.63, 3.8) is 0 Å². The van der Waals surface area contributed by atoms with Crippen molar-refractivity contribution in [2.75, 3.05) is 6.79 Å². The number of rotatable bonds is 4. The summed E-state index contributed by atoms with van der Waals surface area (Å²) in [5.41, 5.74) is 2.58. The zero-order valence-electron chi connectivity index (χ0n) is 12.5. The third kappa shape index (κ3) is 3.41. The van der Waals surface area contributed by atoms with Gasteiger partial charge < -0.3 is 9.47 Å². The summed E-state index contributed by atoms with van der Waals surface area (Å²) < 4.78 is 10.3. The number of ether oxygens (including phenoxy) is 2. The molecular weight excluding hydrogens is 302 g/mol. The molecule has 1 aromatic carbocycles. The Balaban J connectivity index is 1.71. The Morgan fingerprint density at radius 2 is 1.96 bits per heavy atom. The fourth-order valence-corrected chi connectivity index (χ4v) is 2.83. The van der Waals surface area contributed by atoms with E-state index >= 15 is 0 Å². The molecule has 0 atom stereocenters. The van der Waals surface area contributed by atoms with Crippen LogP contribution in [0.2, 0.25) is 0 Å². The smallest absolute Gasteiger partial charge is 0.282 e. The van der Waals surface area contributed by atoms with Gasteiger partial charge in [-0.3, -0.25) is 14.9 Å². The average Bonchev–Trinajstić information content (AvgIpc) is 3.02. The molecule has 8 nitrogen and oxygen atoms in total. The van der Waals surface area contributed by atoms with Crippen LogP contribution in [0.1, 0.15) is 37.7 Å². The Morgan fingerprint density at radius 3 is 2.65 bits per heavy atom. The van der Waals surface area contributed by atoms with Crippen LogP contribution in [0, 0.1) is 16.0 Å². The SMILES string of the molecule is O=C(NN=Cc1cc2c(cc1[N+](=O)[O-])OCO2)C1CCCCC1. The topological polar surface area (TPSA) is 103 Å². The van der Waals surface area contributed by atoms with Gasteiger partial charge in [0.25, 0.3) is 5.69 Å². The van der Waals surface area contributed by atoms with E-state index in [0.717, 1.165) is 32.1 Å². The third-order valence-electron chi connectivity index (χ3n) is 4.07. The highest BCUT2D eigenvalue weighted by Gasteiger charge is 2.23. The van der Waals surface area contributed by atoms with Crippen molar-refractivity contribution >= 4 is 17.8 Å². The van der Waals surface area contributed by atoms with E-state index in [-0.39, 0.29) is 29.9 Å². The molecule has 23 heavy (non-hydrogen) atoms. The minimum absolute atomic E-state index is 0.0207. The summed E-state index contributed by atoms with van der Waals surface area (Å²) in [6.07, 6.45) is 6.26. The van der Waals surface area contributed by atoms with E-state index in [9.17, 15) is 14.9 Å². The van der Waals surface area contributed by atoms with Gasteiger partial charge >= 0.3 is 0 Å². The number of benzene rings is 1. The Hall–Kier alpha value is -2.64. The second-order valence-corrected chi connectivity index (χ2v) is 5.59. The summed E-state index contributed by atoms with van der Waals surface area (Å²) in [6.45, 7) is 0.0332. The minimum atomic E-state index is -0.522. The van der Waals surface area contributed by atoms with Crippen LogP contribution in [-0.2, 0) is 4.79 Å². The van der Waals surface area contributed by atoms with Crippen molar-refractivity contribution in [2.24, 2.45) is 11.0 Å².